The highest BCUT2D eigenvalue weighted by molar-refractivity contribution is 5.62. The third kappa shape index (κ3) is 6.55. The topological polar surface area (TPSA) is 70.7 Å². The van der Waals surface area contributed by atoms with Gasteiger partial charge in [-0.1, -0.05) is 0 Å². The van der Waals surface area contributed by atoms with Gasteiger partial charge in [-0.3, -0.25) is 4.79 Å². The van der Waals surface area contributed by atoms with Crippen molar-refractivity contribution in [1.29, 1.82) is 0 Å². The van der Waals surface area contributed by atoms with Gasteiger partial charge in [0.25, 0.3) is 11.9 Å². The molecule has 0 aliphatic heterocycles. The van der Waals surface area contributed by atoms with Gasteiger partial charge in [0.05, 0.1) is 6.26 Å². The Morgan fingerprint density at radius 1 is 1.70 bits per heavy atom. The molecule has 56 valence electrons. The molecule has 1 aromatic heterocycles. The Bertz CT molecular complexity index is 174. The van der Waals surface area contributed by atoms with Crippen molar-refractivity contribution in [3.8, 4) is 5.95 Å². The first-order valence-corrected chi connectivity index (χ1v) is 2.55. The van der Waals surface area contributed by atoms with Crippen molar-refractivity contribution in [3.63, 3.8) is 0 Å². The molecule has 1 aromatic rings. The Hall–Kier alpha value is -1.45. The lowest BCUT2D eigenvalue weighted by atomic mass is 10.7. The summed E-state index contributed by atoms with van der Waals surface area (Å²) in [6.07, 6.45) is 1.41. The molecule has 2 N–H and O–H groups in total. The molecular weight excluding hydrogens is 136 g/mol. The van der Waals surface area contributed by atoms with Crippen LogP contribution in [0.5, 0.6) is 5.95 Å². The summed E-state index contributed by atoms with van der Waals surface area (Å²) in [7, 11) is 0. The summed E-state index contributed by atoms with van der Waals surface area (Å²) < 4.78 is 4.39. The van der Waals surface area contributed by atoms with Crippen LogP contribution < -0.4 is 0 Å². The standard InChI is InChI=1S/C4H4O2.C2H4O2/c5-4-2-1-3-6-4;1-2(3)4/h1-3,5H;1H3,(H,3,4). The number of carbonyl (C=O) groups is 1. The molecule has 0 fully saturated rings. The van der Waals surface area contributed by atoms with E-state index in [1.165, 1.54) is 12.3 Å². The fourth-order valence-electron chi connectivity index (χ4n) is 0.270. The maximum Gasteiger partial charge on any atom is 0.300 e. The van der Waals surface area contributed by atoms with Crippen LogP contribution >= 0.6 is 0 Å². The number of carboxylic acid groups (broad SMARTS) is 1. The van der Waals surface area contributed by atoms with Crippen molar-refractivity contribution in [2.45, 2.75) is 6.92 Å². The Labute approximate surface area is 57.7 Å². The smallest absolute Gasteiger partial charge is 0.300 e. The summed E-state index contributed by atoms with van der Waals surface area (Å²) in [6, 6.07) is 3.09. The first kappa shape index (κ1) is 8.55. The molecule has 4 nitrogen and oxygen atoms in total. The maximum atomic E-state index is 9.00. The molecule has 1 rings (SSSR count). The van der Waals surface area contributed by atoms with Gasteiger partial charge >= 0.3 is 0 Å². The molecule has 0 aromatic carbocycles. The van der Waals surface area contributed by atoms with Crippen LogP contribution in [0.3, 0.4) is 0 Å². The number of aromatic hydroxyl groups is 1. The second kappa shape index (κ2) is 4.43. The van der Waals surface area contributed by atoms with Crippen LogP contribution in [0.2, 0.25) is 0 Å². The Balaban J connectivity index is 0.000000180. The summed E-state index contributed by atoms with van der Waals surface area (Å²) in [5.74, 6) is -0.866. The molecule has 10 heavy (non-hydrogen) atoms. The second-order valence-electron chi connectivity index (χ2n) is 1.47. The van der Waals surface area contributed by atoms with E-state index < -0.39 is 5.97 Å². The minimum atomic E-state index is -0.833. The van der Waals surface area contributed by atoms with E-state index in [-0.39, 0.29) is 5.95 Å². The molecule has 0 saturated heterocycles. The lowest BCUT2D eigenvalue weighted by molar-refractivity contribution is -0.134. The Kier molecular flexibility index (Phi) is 3.79. The number of hydrogen-bond donors (Lipinski definition) is 2. The van der Waals surface area contributed by atoms with E-state index in [1.807, 2.05) is 0 Å². The van der Waals surface area contributed by atoms with E-state index in [1.54, 1.807) is 6.07 Å². The number of hydrogen-bond acceptors (Lipinski definition) is 3. The molecule has 0 amide bonds. The first-order valence-electron chi connectivity index (χ1n) is 2.55. The first-order chi connectivity index (χ1) is 4.63. The van der Waals surface area contributed by atoms with Gasteiger partial charge in [0.1, 0.15) is 0 Å². The fraction of sp³-hybridized carbons (Fsp3) is 0.167. The van der Waals surface area contributed by atoms with Crippen molar-refractivity contribution in [1.82, 2.24) is 0 Å². The predicted octanol–water partition coefficient (Wildman–Crippen LogP) is 1.08. The molecule has 0 radical (unpaired) electrons. The van der Waals surface area contributed by atoms with Crippen LogP contribution in [0.4, 0.5) is 0 Å². The molecule has 0 bridgehead atoms. The van der Waals surface area contributed by atoms with Gasteiger partial charge in [-0.05, 0) is 6.07 Å². The summed E-state index contributed by atoms with van der Waals surface area (Å²) in [4.78, 5) is 9.00. The van der Waals surface area contributed by atoms with Gasteiger partial charge in [-0.2, -0.15) is 0 Å². The number of furan rings is 1. The molecule has 1 heterocycles. The summed E-state index contributed by atoms with van der Waals surface area (Å²) in [5, 5.41) is 15.7. The van der Waals surface area contributed by atoms with E-state index in [9.17, 15) is 0 Å². The lowest BCUT2D eigenvalue weighted by Gasteiger charge is -1.69. The van der Waals surface area contributed by atoms with Crippen LogP contribution in [0.15, 0.2) is 22.8 Å². The second-order valence-corrected chi connectivity index (χ2v) is 1.47. The summed E-state index contributed by atoms with van der Waals surface area (Å²) >= 11 is 0. The lowest BCUT2D eigenvalue weighted by Crippen LogP contribution is -1.78. The SMILES string of the molecule is CC(=O)O.Oc1ccco1. The van der Waals surface area contributed by atoms with E-state index in [0.717, 1.165) is 6.92 Å². The predicted molar refractivity (Wildman–Crippen MR) is 33.7 cm³/mol. The zero-order chi connectivity index (χ0) is 7.98. The molecule has 0 unspecified atom stereocenters. The third-order valence-corrected chi connectivity index (χ3v) is 0.506. The normalized spacial score (nSPS) is 7.70. The summed E-state index contributed by atoms with van der Waals surface area (Å²) in [6.45, 7) is 1.08. The van der Waals surface area contributed by atoms with Crippen LogP contribution in [0.1, 0.15) is 6.92 Å². The maximum absolute atomic E-state index is 9.00. The van der Waals surface area contributed by atoms with Crippen molar-refractivity contribution in [3.05, 3.63) is 18.4 Å². The largest absolute Gasteiger partial charge is 0.481 e. The van der Waals surface area contributed by atoms with Crippen molar-refractivity contribution >= 4 is 5.97 Å². The van der Waals surface area contributed by atoms with E-state index in [0.29, 0.717) is 0 Å². The monoisotopic (exact) mass is 144 g/mol. The number of rotatable bonds is 0. The van der Waals surface area contributed by atoms with Crippen LogP contribution in [-0.2, 0) is 4.79 Å². The molecule has 0 saturated carbocycles. The zero-order valence-corrected chi connectivity index (χ0v) is 5.44. The quantitative estimate of drug-likeness (QED) is 0.571. The number of aliphatic carboxylic acids is 1. The van der Waals surface area contributed by atoms with E-state index in [2.05, 4.69) is 4.42 Å². The molecule has 0 atom stereocenters. The van der Waals surface area contributed by atoms with Crippen LogP contribution in [0, 0.1) is 0 Å². The molecule has 0 aliphatic rings. The zero-order valence-electron chi connectivity index (χ0n) is 5.44. The van der Waals surface area contributed by atoms with Gasteiger partial charge in [-0.25, -0.2) is 0 Å². The van der Waals surface area contributed by atoms with Gasteiger partial charge in [-0.15, -0.1) is 0 Å². The highest BCUT2D eigenvalue weighted by atomic mass is 16.5. The van der Waals surface area contributed by atoms with Gasteiger partial charge in [0.2, 0.25) is 0 Å². The minimum absolute atomic E-state index is 0.0324. The third-order valence-electron chi connectivity index (χ3n) is 0.506. The molecule has 0 aliphatic carbocycles. The van der Waals surface area contributed by atoms with Gasteiger partial charge in [0.15, 0.2) is 0 Å². The van der Waals surface area contributed by atoms with E-state index >= 15 is 0 Å². The summed E-state index contributed by atoms with van der Waals surface area (Å²) in [5.41, 5.74) is 0. The van der Waals surface area contributed by atoms with E-state index in [4.69, 9.17) is 15.0 Å². The fourth-order valence-corrected chi connectivity index (χ4v) is 0.270. The van der Waals surface area contributed by atoms with Crippen LogP contribution in [0.25, 0.3) is 0 Å². The minimum Gasteiger partial charge on any atom is -0.481 e. The molecule has 0 spiro atoms. The van der Waals surface area contributed by atoms with Crippen LogP contribution in [-0.4, -0.2) is 16.2 Å². The van der Waals surface area contributed by atoms with Crippen molar-refractivity contribution < 1.29 is 19.4 Å². The average molecular weight is 144 g/mol. The Morgan fingerprint density at radius 2 is 2.20 bits per heavy atom. The Morgan fingerprint density at radius 3 is 2.30 bits per heavy atom. The highest BCUT2D eigenvalue weighted by Gasteiger charge is 1.79. The molecule has 4 heteroatoms. The van der Waals surface area contributed by atoms with Gasteiger partial charge < -0.3 is 14.6 Å². The van der Waals surface area contributed by atoms with Crippen molar-refractivity contribution in [2.24, 2.45) is 0 Å². The highest BCUT2D eigenvalue weighted by Crippen LogP contribution is 2.04. The molecular formula is C6H8O4. The number of carboxylic acids is 1. The average Bonchev–Trinajstić information content (AvgIpc) is 2.15. The van der Waals surface area contributed by atoms with Crippen molar-refractivity contribution in [2.75, 3.05) is 0 Å². The van der Waals surface area contributed by atoms with Gasteiger partial charge in [0, 0.05) is 13.0 Å².